The highest BCUT2D eigenvalue weighted by molar-refractivity contribution is 5.94. The molecule has 2 aromatic rings. The van der Waals surface area contributed by atoms with Crippen LogP contribution in [-0.2, 0) is 26.4 Å². The standard InChI is InChI=1S/C18H23FN4O/c1-22(2)14-8-9-16-15(10-14)17(21-23(16)3)18(24)20-11-12-4-6-13(19)7-5-12/h4-7,14H,8-11H2,1-3H3,(H,20,24). The van der Waals surface area contributed by atoms with Crippen LogP contribution < -0.4 is 5.32 Å². The Kier molecular flexibility index (Phi) is 4.66. The van der Waals surface area contributed by atoms with Crippen LogP contribution in [-0.4, -0.2) is 40.7 Å². The molecule has 5 nitrogen and oxygen atoms in total. The van der Waals surface area contributed by atoms with E-state index in [0.717, 1.165) is 36.1 Å². The summed E-state index contributed by atoms with van der Waals surface area (Å²) in [7, 11) is 6.03. The number of rotatable bonds is 4. The Morgan fingerprint density at radius 1 is 1.38 bits per heavy atom. The van der Waals surface area contributed by atoms with Gasteiger partial charge < -0.3 is 10.2 Å². The predicted molar refractivity (Wildman–Crippen MR) is 90.3 cm³/mol. The largest absolute Gasteiger partial charge is 0.347 e. The molecule has 1 aromatic carbocycles. The van der Waals surface area contributed by atoms with E-state index < -0.39 is 0 Å². The Bertz CT molecular complexity index is 736. The van der Waals surface area contributed by atoms with E-state index in [1.807, 2.05) is 11.7 Å². The lowest BCUT2D eigenvalue weighted by Crippen LogP contribution is -2.34. The summed E-state index contributed by atoms with van der Waals surface area (Å²) in [4.78, 5) is 14.8. The fraction of sp³-hybridized carbons (Fsp3) is 0.444. The van der Waals surface area contributed by atoms with Crippen molar-refractivity contribution >= 4 is 5.91 Å². The highest BCUT2D eigenvalue weighted by atomic mass is 19.1. The summed E-state index contributed by atoms with van der Waals surface area (Å²) in [6.07, 6.45) is 2.86. The molecule has 1 aliphatic rings. The zero-order valence-electron chi connectivity index (χ0n) is 14.3. The van der Waals surface area contributed by atoms with Crippen LogP contribution in [0.25, 0.3) is 0 Å². The average molecular weight is 330 g/mol. The third-order valence-corrected chi connectivity index (χ3v) is 4.74. The molecule has 1 aliphatic carbocycles. The molecule has 6 heteroatoms. The first-order valence-corrected chi connectivity index (χ1v) is 8.19. The van der Waals surface area contributed by atoms with Gasteiger partial charge in [-0.05, 0) is 51.1 Å². The summed E-state index contributed by atoms with van der Waals surface area (Å²) in [6.45, 7) is 0.363. The lowest BCUT2D eigenvalue weighted by Gasteiger charge is -2.28. The Labute approximate surface area is 141 Å². The monoisotopic (exact) mass is 330 g/mol. The number of aromatic nitrogens is 2. The van der Waals surface area contributed by atoms with Crippen LogP contribution in [0.2, 0.25) is 0 Å². The number of carbonyl (C=O) groups excluding carboxylic acids is 1. The van der Waals surface area contributed by atoms with Gasteiger partial charge in [-0.15, -0.1) is 0 Å². The summed E-state index contributed by atoms with van der Waals surface area (Å²) < 4.78 is 14.8. The first-order chi connectivity index (χ1) is 11.5. The molecule has 0 saturated carbocycles. The molecule has 0 saturated heterocycles. The predicted octanol–water partition coefficient (Wildman–Crippen LogP) is 1.91. The van der Waals surface area contributed by atoms with E-state index in [2.05, 4.69) is 29.4 Å². The van der Waals surface area contributed by atoms with Gasteiger partial charge in [-0.25, -0.2) is 4.39 Å². The lowest BCUT2D eigenvalue weighted by atomic mass is 9.90. The highest BCUT2D eigenvalue weighted by Gasteiger charge is 2.28. The third-order valence-electron chi connectivity index (χ3n) is 4.74. The van der Waals surface area contributed by atoms with Gasteiger partial charge in [0.05, 0.1) is 0 Å². The van der Waals surface area contributed by atoms with E-state index >= 15 is 0 Å². The number of hydrogen-bond donors (Lipinski definition) is 1. The number of likely N-dealkylation sites (N-methyl/N-ethyl adjacent to an activating group) is 1. The Balaban J connectivity index is 1.74. The van der Waals surface area contributed by atoms with Gasteiger partial charge >= 0.3 is 0 Å². The van der Waals surface area contributed by atoms with Crippen LogP contribution in [0.3, 0.4) is 0 Å². The second-order valence-corrected chi connectivity index (χ2v) is 6.57. The molecular weight excluding hydrogens is 307 g/mol. The fourth-order valence-corrected chi connectivity index (χ4v) is 3.26. The second kappa shape index (κ2) is 6.73. The number of fused-ring (bicyclic) bond motifs is 1. The molecule has 1 atom stereocenters. The van der Waals surface area contributed by atoms with Gasteiger partial charge in [0, 0.05) is 30.9 Å². The van der Waals surface area contributed by atoms with Gasteiger partial charge in [0.15, 0.2) is 5.69 Å². The van der Waals surface area contributed by atoms with Crippen molar-refractivity contribution in [1.82, 2.24) is 20.0 Å². The minimum atomic E-state index is -0.279. The van der Waals surface area contributed by atoms with E-state index in [1.165, 1.54) is 12.1 Å². The molecule has 0 spiro atoms. The van der Waals surface area contributed by atoms with Crippen molar-refractivity contribution in [2.24, 2.45) is 7.05 Å². The molecule has 1 N–H and O–H groups in total. The van der Waals surface area contributed by atoms with E-state index in [9.17, 15) is 9.18 Å². The maximum Gasteiger partial charge on any atom is 0.272 e. The number of nitrogens with zero attached hydrogens (tertiary/aromatic N) is 3. The van der Waals surface area contributed by atoms with E-state index in [-0.39, 0.29) is 11.7 Å². The Hall–Kier alpha value is -2.21. The lowest BCUT2D eigenvalue weighted by molar-refractivity contribution is 0.0943. The number of carbonyl (C=O) groups is 1. The second-order valence-electron chi connectivity index (χ2n) is 6.57. The minimum absolute atomic E-state index is 0.171. The molecule has 24 heavy (non-hydrogen) atoms. The maximum absolute atomic E-state index is 12.9. The van der Waals surface area contributed by atoms with Gasteiger partial charge in [-0.2, -0.15) is 5.10 Å². The van der Waals surface area contributed by atoms with E-state index in [0.29, 0.717) is 18.3 Å². The van der Waals surface area contributed by atoms with Crippen molar-refractivity contribution in [1.29, 1.82) is 0 Å². The number of benzene rings is 1. The normalized spacial score (nSPS) is 17.0. The fourth-order valence-electron chi connectivity index (χ4n) is 3.26. The van der Waals surface area contributed by atoms with Crippen molar-refractivity contribution < 1.29 is 9.18 Å². The summed E-state index contributed by atoms with van der Waals surface area (Å²) >= 11 is 0. The van der Waals surface area contributed by atoms with Gasteiger partial charge in [-0.3, -0.25) is 9.48 Å². The molecule has 1 amide bonds. The molecular formula is C18H23FN4O. The van der Waals surface area contributed by atoms with Gasteiger partial charge in [0.1, 0.15) is 5.82 Å². The van der Waals surface area contributed by atoms with Crippen LogP contribution in [0.5, 0.6) is 0 Å². The van der Waals surface area contributed by atoms with Crippen molar-refractivity contribution in [2.45, 2.75) is 31.8 Å². The van der Waals surface area contributed by atoms with Crippen LogP contribution in [0.15, 0.2) is 24.3 Å². The van der Waals surface area contributed by atoms with Crippen molar-refractivity contribution in [2.75, 3.05) is 14.1 Å². The molecule has 0 aliphatic heterocycles. The number of aryl methyl sites for hydroxylation is 1. The Morgan fingerprint density at radius 2 is 2.08 bits per heavy atom. The third kappa shape index (κ3) is 3.33. The van der Waals surface area contributed by atoms with Gasteiger partial charge in [-0.1, -0.05) is 12.1 Å². The first-order valence-electron chi connectivity index (χ1n) is 8.19. The topological polar surface area (TPSA) is 50.2 Å². The van der Waals surface area contributed by atoms with E-state index in [1.54, 1.807) is 12.1 Å². The summed E-state index contributed by atoms with van der Waals surface area (Å²) in [5, 5.41) is 7.33. The summed E-state index contributed by atoms with van der Waals surface area (Å²) in [5.74, 6) is -0.450. The van der Waals surface area contributed by atoms with Crippen molar-refractivity contribution in [3.63, 3.8) is 0 Å². The molecule has 128 valence electrons. The minimum Gasteiger partial charge on any atom is -0.347 e. The Morgan fingerprint density at radius 3 is 2.75 bits per heavy atom. The molecule has 1 heterocycles. The van der Waals surface area contributed by atoms with E-state index in [4.69, 9.17) is 0 Å². The zero-order valence-corrected chi connectivity index (χ0v) is 14.3. The number of halogens is 1. The smallest absolute Gasteiger partial charge is 0.272 e. The quantitative estimate of drug-likeness (QED) is 0.932. The number of amides is 1. The summed E-state index contributed by atoms with van der Waals surface area (Å²) in [5.41, 5.74) is 3.58. The molecule has 0 radical (unpaired) electrons. The number of nitrogens with one attached hydrogen (secondary N) is 1. The van der Waals surface area contributed by atoms with Crippen LogP contribution in [0, 0.1) is 5.82 Å². The van der Waals surface area contributed by atoms with Crippen molar-refractivity contribution in [3.05, 3.63) is 52.6 Å². The summed E-state index contributed by atoms with van der Waals surface area (Å²) in [6, 6.07) is 6.57. The molecule has 0 fully saturated rings. The van der Waals surface area contributed by atoms with Gasteiger partial charge in [0.25, 0.3) is 5.91 Å². The van der Waals surface area contributed by atoms with Gasteiger partial charge in [0.2, 0.25) is 0 Å². The highest BCUT2D eigenvalue weighted by Crippen LogP contribution is 2.26. The molecule has 1 unspecified atom stereocenters. The van der Waals surface area contributed by atoms with Crippen molar-refractivity contribution in [3.8, 4) is 0 Å². The van der Waals surface area contributed by atoms with Crippen LogP contribution in [0.1, 0.15) is 33.7 Å². The average Bonchev–Trinajstić information content (AvgIpc) is 2.90. The van der Waals surface area contributed by atoms with Crippen LogP contribution >= 0.6 is 0 Å². The SMILES string of the molecule is CN(C)C1CCc2c(c(C(=O)NCc3ccc(F)cc3)nn2C)C1. The zero-order chi connectivity index (χ0) is 17.3. The molecule has 1 aromatic heterocycles. The maximum atomic E-state index is 12.9. The number of hydrogen-bond acceptors (Lipinski definition) is 3. The molecule has 0 bridgehead atoms. The molecule has 3 rings (SSSR count). The van der Waals surface area contributed by atoms with Crippen LogP contribution in [0.4, 0.5) is 4.39 Å². The first kappa shape index (κ1) is 16.6.